The van der Waals surface area contributed by atoms with Crippen molar-refractivity contribution in [3.8, 4) is 5.75 Å². The molecule has 1 heterocycles. The number of rotatable bonds is 4. The molecular formula is C12H12N4O2S. The number of aromatic nitrogens is 3. The number of nitrogens with zero attached hydrogens (tertiary/aromatic N) is 3. The fourth-order valence-electron chi connectivity index (χ4n) is 1.40. The Hall–Kier alpha value is -2.28. The number of hydrogen-bond acceptors (Lipinski definition) is 5. The molecule has 1 aromatic heterocycles. The third kappa shape index (κ3) is 3.35. The van der Waals surface area contributed by atoms with Crippen molar-refractivity contribution in [1.29, 1.82) is 0 Å². The molecule has 6 nitrogen and oxygen atoms in total. The second-order valence-electron chi connectivity index (χ2n) is 3.57. The molecule has 0 aliphatic heterocycles. The van der Waals surface area contributed by atoms with Gasteiger partial charge in [-0.2, -0.15) is 14.9 Å². The topological polar surface area (TPSA) is 72.3 Å². The van der Waals surface area contributed by atoms with Crippen LogP contribution >= 0.6 is 12.2 Å². The average molecular weight is 276 g/mol. The largest absolute Gasteiger partial charge is 0.494 e. The number of ether oxygens (including phenoxy) is 1. The Balaban J connectivity index is 2.23. The van der Waals surface area contributed by atoms with Crippen molar-refractivity contribution in [2.45, 2.75) is 6.92 Å². The van der Waals surface area contributed by atoms with Crippen molar-refractivity contribution in [2.75, 3.05) is 6.61 Å². The summed E-state index contributed by atoms with van der Waals surface area (Å²) in [4.78, 5) is 11.5. The molecule has 0 fully saturated rings. The van der Waals surface area contributed by atoms with Crippen LogP contribution in [0.15, 0.2) is 40.4 Å². The Bertz CT molecular complexity index is 660. The second-order valence-corrected chi connectivity index (χ2v) is 3.96. The summed E-state index contributed by atoms with van der Waals surface area (Å²) in [5, 5.41) is 10.1. The van der Waals surface area contributed by atoms with E-state index in [1.807, 2.05) is 31.2 Å². The van der Waals surface area contributed by atoms with Gasteiger partial charge in [-0.3, -0.25) is 9.89 Å². The van der Waals surface area contributed by atoms with Crippen molar-refractivity contribution in [3.63, 3.8) is 0 Å². The maximum absolute atomic E-state index is 11.5. The third-order valence-electron chi connectivity index (χ3n) is 2.25. The molecule has 0 spiro atoms. The summed E-state index contributed by atoms with van der Waals surface area (Å²) in [7, 11) is 0. The molecule has 98 valence electrons. The van der Waals surface area contributed by atoms with Crippen LogP contribution in [0, 0.1) is 4.77 Å². The van der Waals surface area contributed by atoms with E-state index < -0.39 is 0 Å². The van der Waals surface area contributed by atoms with Crippen molar-refractivity contribution in [3.05, 3.63) is 51.2 Å². The third-order valence-corrected chi connectivity index (χ3v) is 2.51. The van der Waals surface area contributed by atoms with Crippen LogP contribution in [0.2, 0.25) is 0 Å². The van der Waals surface area contributed by atoms with Crippen molar-refractivity contribution in [2.24, 2.45) is 5.10 Å². The monoisotopic (exact) mass is 276 g/mol. The van der Waals surface area contributed by atoms with Gasteiger partial charge in [0.25, 0.3) is 5.56 Å². The summed E-state index contributed by atoms with van der Waals surface area (Å²) < 4.78 is 6.55. The lowest BCUT2D eigenvalue weighted by molar-refractivity contribution is 0.340. The zero-order valence-electron chi connectivity index (χ0n) is 10.2. The quantitative estimate of drug-likeness (QED) is 0.680. The van der Waals surface area contributed by atoms with Gasteiger partial charge in [0.1, 0.15) is 11.9 Å². The number of hydrogen-bond donors (Lipinski definition) is 1. The predicted molar refractivity (Wildman–Crippen MR) is 74.3 cm³/mol. The molecule has 0 saturated heterocycles. The predicted octanol–water partition coefficient (Wildman–Crippen LogP) is 1.58. The zero-order valence-corrected chi connectivity index (χ0v) is 11.1. The normalized spacial score (nSPS) is 10.8. The van der Waals surface area contributed by atoms with E-state index in [0.29, 0.717) is 6.61 Å². The number of benzene rings is 1. The Morgan fingerprint density at radius 1 is 1.47 bits per heavy atom. The molecular weight excluding hydrogens is 264 g/mol. The van der Waals surface area contributed by atoms with Crippen LogP contribution in [0.4, 0.5) is 0 Å². The van der Waals surface area contributed by atoms with E-state index in [1.165, 1.54) is 0 Å². The van der Waals surface area contributed by atoms with E-state index in [1.54, 1.807) is 6.21 Å². The van der Waals surface area contributed by atoms with E-state index in [2.05, 4.69) is 15.3 Å². The Morgan fingerprint density at radius 2 is 2.21 bits per heavy atom. The first-order valence-corrected chi connectivity index (χ1v) is 6.05. The highest BCUT2D eigenvalue weighted by Gasteiger charge is 1.95. The first-order chi connectivity index (χ1) is 9.20. The van der Waals surface area contributed by atoms with Gasteiger partial charge in [0.15, 0.2) is 0 Å². The van der Waals surface area contributed by atoms with E-state index in [9.17, 15) is 4.79 Å². The number of nitrogens with one attached hydrogen (secondary N) is 1. The van der Waals surface area contributed by atoms with Gasteiger partial charge in [-0.15, -0.1) is 0 Å². The minimum Gasteiger partial charge on any atom is -0.494 e. The molecule has 19 heavy (non-hydrogen) atoms. The van der Waals surface area contributed by atoms with Crippen LogP contribution in [-0.4, -0.2) is 27.7 Å². The van der Waals surface area contributed by atoms with Crippen molar-refractivity contribution in [1.82, 2.24) is 14.9 Å². The van der Waals surface area contributed by atoms with Crippen LogP contribution in [0.25, 0.3) is 0 Å². The average Bonchev–Trinajstić information content (AvgIpc) is 2.40. The maximum Gasteiger partial charge on any atom is 0.293 e. The lowest BCUT2D eigenvalue weighted by Crippen LogP contribution is -2.18. The molecule has 7 heteroatoms. The molecule has 0 saturated carbocycles. The van der Waals surface area contributed by atoms with Gasteiger partial charge in [0.05, 0.1) is 12.8 Å². The lowest BCUT2D eigenvalue weighted by Gasteiger charge is -2.02. The van der Waals surface area contributed by atoms with E-state index in [0.717, 1.165) is 22.2 Å². The van der Waals surface area contributed by atoms with Gasteiger partial charge < -0.3 is 4.74 Å². The van der Waals surface area contributed by atoms with Crippen LogP contribution in [0.5, 0.6) is 5.75 Å². The molecule has 1 N–H and O–H groups in total. The molecule has 2 aromatic rings. The van der Waals surface area contributed by atoms with Gasteiger partial charge in [-0.25, -0.2) is 0 Å². The summed E-state index contributed by atoms with van der Waals surface area (Å²) in [6, 6.07) is 7.35. The highest BCUT2D eigenvalue weighted by molar-refractivity contribution is 7.71. The summed E-state index contributed by atoms with van der Waals surface area (Å²) in [6.45, 7) is 2.54. The van der Waals surface area contributed by atoms with Crippen LogP contribution in [0.3, 0.4) is 0 Å². The minimum atomic E-state index is -0.383. The number of H-pyrrole nitrogens is 1. The minimum absolute atomic E-state index is 0.148. The van der Waals surface area contributed by atoms with Gasteiger partial charge in [0.2, 0.25) is 4.77 Å². The summed E-state index contributed by atoms with van der Waals surface area (Å²) >= 11 is 4.92. The highest BCUT2D eigenvalue weighted by Crippen LogP contribution is 2.10. The standard InChI is InChI=1S/C12H12N4O2S/c1-2-18-10-5-3-9(4-6-10)7-14-16-11(17)8-13-15-12(16)19/h3-8H,2H2,1H3,(H,15,19)/b14-7-. The fraction of sp³-hybridized carbons (Fsp3) is 0.167. The Labute approximate surface area is 114 Å². The second kappa shape index (κ2) is 6.05. The van der Waals surface area contributed by atoms with E-state index >= 15 is 0 Å². The molecule has 1 aromatic carbocycles. The summed E-state index contributed by atoms with van der Waals surface area (Å²) in [5.74, 6) is 0.790. The molecule has 0 unspecified atom stereocenters. The van der Waals surface area contributed by atoms with Crippen LogP contribution in [0.1, 0.15) is 12.5 Å². The molecule has 0 aliphatic rings. The Morgan fingerprint density at radius 3 is 2.84 bits per heavy atom. The SMILES string of the molecule is CCOc1ccc(/C=N\n2c(=O)cn[nH]c2=S)cc1. The van der Waals surface area contributed by atoms with Crippen molar-refractivity contribution < 1.29 is 4.74 Å². The number of aromatic amines is 1. The van der Waals surface area contributed by atoms with Crippen LogP contribution in [-0.2, 0) is 0 Å². The van der Waals surface area contributed by atoms with Crippen molar-refractivity contribution >= 4 is 18.4 Å². The first kappa shape index (κ1) is 13.2. The molecule has 0 radical (unpaired) electrons. The highest BCUT2D eigenvalue weighted by atomic mass is 32.1. The van der Waals surface area contributed by atoms with Gasteiger partial charge in [-0.05, 0) is 49.0 Å². The van der Waals surface area contributed by atoms with Gasteiger partial charge in [0, 0.05) is 0 Å². The zero-order chi connectivity index (χ0) is 13.7. The van der Waals surface area contributed by atoms with E-state index in [4.69, 9.17) is 17.0 Å². The molecule has 2 rings (SSSR count). The van der Waals surface area contributed by atoms with E-state index in [-0.39, 0.29) is 10.3 Å². The fourth-order valence-corrected chi connectivity index (χ4v) is 1.59. The maximum atomic E-state index is 11.5. The summed E-state index contributed by atoms with van der Waals surface area (Å²) in [5.41, 5.74) is 0.451. The van der Waals surface area contributed by atoms with Gasteiger partial charge >= 0.3 is 0 Å². The van der Waals surface area contributed by atoms with Gasteiger partial charge in [-0.1, -0.05) is 0 Å². The molecule has 0 bridgehead atoms. The summed E-state index contributed by atoms with van der Waals surface area (Å²) in [6.07, 6.45) is 2.66. The molecule has 0 aliphatic carbocycles. The molecule has 0 atom stereocenters. The lowest BCUT2D eigenvalue weighted by atomic mass is 10.2. The molecule has 0 amide bonds. The first-order valence-electron chi connectivity index (χ1n) is 5.64. The smallest absolute Gasteiger partial charge is 0.293 e. The Kier molecular flexibility index (Phi) is 4.19. The van der Waals surface area contributed by atoms with Crippen LogP contribution < -0.4 is 10.3 Å².